The average Bonchev–Trinajstić information content (AvgIpc) is 2.38. The molecular weight excluding hydrogens is 237 g/mol. The molecule has 1 aromatic rings. The summed E-state index contributed by atoms with van der Waals surface area (Å²) in [4.78, 5) is 11.0. The Balaban J connectivity index is 2.70. The molecule has 100 valence electrons. The summed E-state index contributed by atoms with van der Waals surface area (Å²) in [6, 6.07) is 4.68. The van der Waals surface area contributed by atoms with Crippen LogP contribution in [0.25, 0.3) is 0 Å². The standard InChI is InChI=1S/C13H18FNO3/c1-3-7-15-8-10-5-4-6-11(14)13(10)18-9-12(16)17-2/h4-6,15H,3,7-9H2,1-2H3. The molecular formula is C13H18FNO3. The maximum absolute atomic E-state index is 13.6. The number of hydrogen-bond donors (Lipinski definition) is 1. The number of carbonyl (C=O) groups excluding carboxylic acids is 1. The van der Waals surface area contributed by atoms with Crippen LogP contribution in [0.5, 0.6) is 5.75 Å². The molecule has 4 nitrogen and oxygen atoms in total. The normalized spacial score (nSPS) is 10.2. The number of esters is 1. The maximum atomic E-state index is 13.6. The summed E-state index contributed by atoms with van der Waals surface area (Å²) in [5.74, 6) is -0.910. The molecule has 0 heterocycles. The van der Waals surface area contributed by atoms with E-state index in [1.165, 1.54) is 13.2 Å². The van der Waals surface area contributed by atoms with Gasteiger partial charge in [0.1, 0.15) is 0 Å². The highest BCUT2D eigenvalue weighted by Crippen LogP contribution is 2.22. The summed E-state index contributed by atoms with van der Waals surface area (Å²) < 4.78 is 23.2. The van der Waals surface area contributed by atoms with Gasteiger partial charge < -0.3 is 14.8 Å². The Morgan fingerprint density at radius 2 is 2.22 bits per heavy atom. The summed E-state index contributed by atoms with van der Waals surface area (Å²) in [7, 11) is 1.26. The molecule has 0 radical (unpaired) electrons. The number of halogens is 1. The number of methoxy groups -OCH3 is 1. The van der Waals surface area contributed by atoms with Gasteiger partial charge in [-0.05, 0) is 19.0 Å². The Kier molecular flexibility index (Phi) is 6.14. The lowest BCUT2D eigenvalue weighted by Crippen LogP contribution is -2.17. The van der Waals surface area contributed by atoms with Crippen LogP contribution in [-0.4, -0.2) is 26.2 Å². The molecule has 0 unspecified atom stereocenters. The number of ether oxygens (including phenoxy) is 2. The van der Waals surface area contributed by atoms with Gasteiger partial charge in [0.15, 0.2) is 18.2 Å². The number of carbonyl (C=O) groups is 1. The molecule has 0 aromatic heterocycles. The molecule has 0 aliphatic rings. The zero-order valence-corrected chi connectivity index (χ0v) is 10.7. The highest BCUT2D eigenvalue weighted by atomic mass is 19.1. The molecule has 0 atom stereocenters. The Bertz CT molecular complexity index is 396. The minimum absolute atomic E-state index is 0.103. The Morgan fingerprint density at radius 1 is 1.44 bits per heavy atom. The van der Waals surface area contributed by atoms with Crippen molar-refractivity contribution in [2.75, 3.05) is 20.3 Å². The van der Waals surface area contributed by atoms with E-state index < -0.39 is 11.8 Å². The van der Waals surface area contributed by atoms with Crippen molar-refractivity contribution >= 4 is 5.97 Å². The van der Waals surface area contributed by atoms with E-state index in [2.05, 4.69) is 10.1 Å². The van der Waals surface area contributed by atoms with Gasteiger partial charge in [-0.15, -0.1) is 0 Å². The molecule has 1 N–H and O–H groups in total. The van der Waals surface area contributed by atoms with E-state index in [4.69, 9.17) is 4.74 Å². The van der Waals surface area contributed by atoms with Gasteiger partial charge in [0.25, 0.3) is 0 Å². The first kappa shape index (κ1) is 14.4. The van der Waals surface area contributed by atoms with Crippen LogP contribution < -0.4 is 10.1 Å². The van der Waals surface area contributed by atoms with Gasteiger partial charge >= 0.3 is 5.97 Å². The van der Waals surface area contributed by atoms with Crippen LogP contribution in [0.3, 0.4) is 0 Å². The molecule has 1 rings (SSSR count). The van der Waals surface area contributed by atoms with Crippen LogP contribution in [0.1, 0.15) is 18.9 Å². The number of nitrogens with one attached hydrogen (secondary N) is 1. The number of hydrogen-bond acceptors (Lipinski definition) is 4. The van der Waals surface area contributed by atoms with Crippen molar-refractivity contribution < 1.29 is 18.7 Å². The van der Waals surface area contributed by atoms with E-state index in [0.717, 1.165) is 13.0 Å². The van der Waals surface area contributed by atoms with Crippen molar-refractivity contribution in [2.24, 2.45) is 0 Å². The Hall–Kier alpha value is -1.62. The zero-order chi connectivity index (χ0) is 13.4. The lowest BCUT2D eigenvalue weighted by Gasteiger charge is -2.12. The molecule has 0 saturated carbocycles. The van der Waals surface area contributed by atoms with Gasteiger partial charge in [-0.2, -0.15) is 0 Å². The van der Waals surface area contributed by atoms with E-state index in [1.54, 1.807) is 12.1 Å². The number of benzene rings is 1. The highest BCUT2D eigenvalue weighted by molar-refractivity contribution is 5.70. The molecule has 1 aromatic carbocycles. The minimum atomic E-state index is -0.536. The summed E-state index contributed by atoms with van der Waals surface area (Å²) in [6.45, 7) is 3.10. The molecule has 0 aliphatic carbocycles. The fourth-order valence-corrected chi connectivity index (χ4v) is 1.44. The molecule has 5 heteroatoms. The summed E-state index contributed by atoms with van der Waals surface area (Å²) in [5.41, 5.74) is 0.687. The molecule has 0 saturated heterocycles. The fraction of sp³-hybridized carbons (Fsp3) is 0.462. The molecule has 0 fully saturated rings. The third kappa shape index (κ3) is 4.33. The van der Waals surface area contributed by atoms with Gasteiger partial charge in [-0.1, -0.05) is 19.1 Å². The fourth-order valence-electron chi connectivity index (χ4n) is 1.44. The van der Waals surface area contributed by atoms with E-state index >= 15 is 0 Å². The van der Waals surface area contributed by atoms with Gasteiger partial charge in [-0.3, -0.25) is 0 Å². The monoisotopic (exact) mass is 255 g/mol. The summed E-state index contributed by atoms with van der Waals surface area (Å²) in [6.07, 6.45) is 0.994. The van der Waals surface area contributed by atoms with Crippen molar-refractivity contribution in [1.82, 2.24) is 5.32 Å². The molecule has 18 heavy (non-hydrogen) atoms. The van der Waals surface area contributed by atoms with Crippen molar-refractivity contribution in [3.05, 3.63) is 29.6 Å². The van der Waals surface area contributed by atoms with Crippen LogP contribution >= 0.6 is 0 Å². The van der Waals surface area contributed by atoms with Gasteiger partial charge in [0.05, 0.1) is 7.11 Å². The molecule has 0 bridgehead atoms. The van der Waals surface area contributed by atoms with Crippen LogP contribution in [0, 0.1) is 5.82 Å². The van der Waals surface area contributed by atoms with Crippen LogP contribution in [0.15, 0.2) is 18.2 Å². The van der Waals surface area contributed by atoms with Gasteiger partial charge in [0, 0.05) is 12.1 Å². The quantitative estimate of drug-likeness (QED) is 0.597. The second kappa shape index (κ2) is 7.66. The maximum Gasteiger partial charge on any atom is 0.343 e. The smallest absolute Gasteiger partial charge is 0.343 e. The first-order valence-corrected chi connectivity index (χ1v) is 5.86. The SMILES string of the molecule is CCCNCc1cccc(F)c1OCC(=O)OC. The lowest BCUT2D eigenvalue weighted by atomic mass is 10.2. The molecule has 0 amide bonds. The summed E-state index contributed by atoms with van der Waals surface area (Å²) in [5, 5.41) is 3.16. The molecule has 0 spiro atoms. The van der Waals surface area contributed by atoms with Crippen molar-refractivity contribution in [2.45, 2.75) is 19.9 Å². The second-order valence-corrected chi connectivity index (χ2v) is 3.77. The first-order chi connectivity index (χ1) is 8.69. The van der Waals surface area contributed by atoms with Crippen molar-refractivity contribution in [1.29, 1.82) is 0 Å². The van der Waals surface area contributed by atoms with Crippen LogP contribution in [0.4, 0.5) is 4.39 Å². The largest absolute Gasteiger partial charge is 0.478 e. The second-order valence-electron chi connectivity index (χ2n) is 3.77. The zero-order valence-electron chi connectivity index (χ0n) is 10.7. The van der Waals surface area contributed by atoms with E-state index in [-0.39, 0.29) is 12.4 Å². The third-order valence-electron chi connectivity index (χ3n) is 2.35. The van der Waals surface area contributed by atoms with E-state index in [1.807, 2.05) is 6.92 Å². The molecule has 0 aliphatic heterocycles. The van der Waals surface area contributed by atoms with E-state index in [9.17, 15) is 9.18 Å². The minimum Gasteiger partial charge on any atom is -0.478 e. The average molecular weight is 255 g/mol. The van der Waals surface area contributed by atoms with E-state index in [0.29, 0.717) is 12.1 Å². The topological polar surface area (TPSA) is 47.6 Å². The predicted molar refractivity (Wildman–Crippen MR) is 65.9 cm³/mol. The van der Waals surface area contributed by atoms with Crippen LogP contribution in [0.2, 0.25) is 0 Å². The number of para-hydroxylation sites is 1. The Morgan fingerprint density at radius 3 is 2.89 bits per heavy atom. The van der Waals surface area contributed by atoms with Crippen LogP contribution in [-0.2, 0) is 16.1 Å². The van der Waals surface area contributed by atoms with Crippen molar-refractivity contribution in [3.63, 3.8) is 0 Å². The summed E-state index contributed by atoms with van der Waals surface area (Å²) >= 11 is 0. The third-order valence-corrected chi connectivity index (χ3v) is 2.35. The number of rotatable bonds is 7. The van der Waals surface area contributed by atoms with Gasteiger partial charge in [-0.25, -0.2) is 9.18 Å². The Labute approximate surface area is 106 Å². The predicted octanol–water partition coefficient (Wildman–Crippen LogP) is 1.88. The lowest BCUT2D eigenvalue weighted by molar-refractivity contribution is -0.142. The van der Waals surface area contributed by atoms with Gasteiger partial charge in [0.2, 0.25) is 0 Å². The highest BCUT2D eigenvalue weighted by Gasteiger charge is 2.11. The first-order valence-electron chi connectivity index (χ1n) is 5.86. The van der Waals surface area contributed by atoms with Crippen molar-refractivity contribution in [3.8, 4) is 5.75 Å².